The third-order valence-electron chi connectivity index (χ3n) is 4.82. The number of thioether (sulfide) groups is 1. The number of nitrogens with one attached hydrogen (secondary N) is 1. The maximum absolute atomic E-state index is 13.6. The van der Waals surface area contributed by atoms with Crippen molar-refractivity contribution in [2.75, 3.05) is 29.0 Å². The number of halogens is 1. The van der Waals surface area contributed by atoms with E-state index in [1.807, 2.05) is 20.1 Å². The smallest absolute Gasteiger partial charge is 0.264 e. The lowest BCUT2D eigenvalue weighted by Gasteiger charge is -2.26. The third kappa shape index (κ3) is 6.01. The summed E-state index contributed by atoms with van der Waals surface area (Å²) >= 11 is 7.67. The summed E-state index contributed by atoms with van der Waals surface area (Å²) in [4.78, 5) is 14.0. The lowest BCUT2D eigenvalue weighted by molar-refractivity contribution is -0.114. The predicted molar refractivity (Wildman–Crippen MR) is 135 cm³/mol. The molecule has 0 spiro atoms. The Bertz CT molecular complexity index is 1230. The van der Waals surface area contributed by atoms with Crippen molar-refractivity contribution in [3.8, 4) is 5.75 Å². The molecule has 33 heavy (non-hydrogen) atoms. The van der Waals surface area contributed by atoms with Crippen LogP contribution in [0.5, 0.6) is 5.75 Å². The Kier molecular flexibility index (Phi) is 8.29. The molecule has 1 amide bonds. The van der Waals surface area contributed by atoms with E-state index in [-0.39, 0.29) is 10.6 Å². The van der Waals surface area contributed by atoms with Crippen molar-refractivity contribution in [3.63, 3.8) is 0 Å². The van der Waals surface area contributed by atoms with E-state index < -0.39 is 22.5 Å². The monoisotopic (exact) mass is 504 g/mol. The van der Waals surface area contributed by atoms with E-state index >= 15 is 0 Å². The highest BCUT2D eigenvalue weighted by atomic mass is 35.5. The maximum atomic E-state index is 13.6. The number of rotatable bonds is 9. The first-order valence-corrected chi connectivity index (χ1v) is 13.2. The fraction of sp³-hybridized carbons (Fsp3) is 0.208. The highest BCUT2D eigenvalue weighted by Gasteiger charge is 2.29. The van der Waals surface area contributed by atoms with Gasteiger partial charge in [0.2, 0.25) is 5.91 Å². The van der Waals surface area contributed by atoms with Crippen LogP contribution < -0.4 is 14.4 Å². The van der Waals surface area contributed by atoms with E-state index in [2.05, 4.69) is 5.32 Å². The number of hydrogen-bond acceptors (Lipinski definition) is 5. The van der Waals surface area contributed by atoms with Crippen LogP contribution in [0.2, 0.25) is 5.02 Å². The SMILES string of the molecule is CCOc1ccccc1N(CC(=O)Nc1ccc(C)c(Cl)c1)S(=O)(=O)c1ccc(SC)cc1. The summed E-state index contributed by atoms with van der Waals surface area (Å²) < 4.78 is 34.0. The van der Waals surface area contributed by atoms with Gasteiger partial charge in [-0.25, -0.2) is 8.42 Å². The van der Waals surface area contributed by atoms with Crippen LogP contribution in [0.1, 0.15) is 12.5 Å². The van der Waals surface area contributed by atoms with Gasteiger partial charge in [-0.3, -0.25) is 9.10 Å². The summed E-state index contributed by atoms with van der Waals surface area (Å²) in [6.45, 7) is 3.57. The number of hydrogen-bond donors (Lipinski definition) is 1. The number of benzene rings is 3. The van der Waals surface area contributed by atoms with Crippen molar-refractivity contribution < 1.29 is 17.9 Å². The van der Waals surface area contributed by atoms with Crippen molar-refractivity contribution in [2.24, 2.45) is 0 Å². The summed E-state index contributed by atoms with van der Waals surface area (Å²) in [7, 11) is -4.06. The van der Waals surface area contributed by atoms with Gasteiger partial charge in [-0.1, -0.05) is 29.8 Å². The van der Waals surface area contributed by atoms with Crippen molar-refractivity contribution in [1.82, 2.24) is 0 Å². The minimum atomic E-state index is -4.06. The summed E-state index contributed by atoms with van der Waals surface area (Å²) in [5.74, 6) is -0.138. The predicted octanol–water partition coefficient (Wildman–Crippen LogP) is 5.60. The van der Waals surface area contributed by atoms with E-state index in [1.165, 1.54) is 23.9 Å². The number of carbonyl (C=O) groups is 1. The molecule has 3 aromatic rings. The lowest BCUT2D eigenvalue weighted by Crippen LogP contribution is -2.38. The molecule has 0 unspecified atom stereocenters. The molecule has 3 rings (SSSR count). The molecule has 1 N–H and O–H groups in total. The van der Waals surface area contributed by atoms with Crippen LogP contribution in [-0.2, 0) is 14.8 Å². The lowest BCUT2D eigenvalue weighted by atomic mass is 10.2. The summed E-state index contributed by atoms with van der Waals surface area (Å²) in [5, 5.41) is 3.24. The van der Waals surface area contributed by atoms with Crippen LogP contribution in [0.15, 0.2) is 76.5 Å². The zero-order valence-corrected chi connectivity index (χ0v) is 20.9. The average Bonchev–Trinajstić information content (AvgIpc) is 2.80. The topological polar surface area (TPSA) is 75.7 Å². The molecule has 6 nitrogen and oxygen atoms in total. The molecular weight excluding hydrogens is 480 g/mol. The zero-order valence-electron chi connectivity index (χ0n) is 18.5. The van der Waals surface area contributed by atoms with E-state index in [0.717, 1.165) is 14.8 Å². The molecule has 0 fully saturated rings. The molecular formula is C24H25ClN2O4S2. The van der Waals surface area contributed by atoms with Crippen LogP contribution in [0, 0.1) is 6.92 Å². The van der Waals surface area contributed by atoms with Crippen molar-refractivity contribution in [3.05, 3.63) is 77.3 Å². The summed E-state index contributed by atoms with van der Waals surface area (Å²) in [5.41, 5.74) is 1.64. The molecule has 0 aliphatic rings. The first-order chi connectivity index (χ1) is 15.8. The highest BCUT2D eigenvalue weighted by molar-refractivity contribution is 7.98. The van der Waals surface area contributed by atoms with Crippen molar-refractivity contribution in [2.45, 2.75) is 23.6 Å². The van der Waals surface area contributed by atoms with E-state index in [0.29, 0.717) is 23.1 Å². The Morgan fingerprint density at radius 1 is 1.09 bits per heavy atom. The van der Waals surface area contributed by atoms with E-state index in [1.54, 1.807) is 54.6 Å². The highest BCUT2D eigenvalue weighted by Crippen LogP contribution is 2.33. The first-order valence-electron chi connectivity index (χ1n) is 10.2. The average molecular weight is 505 g/mol. The molecule has 0 radical (unpaired) electrons. The fourth-order valence-corrected chi connectivity index (χ4v) is 5.14. The van der Waals surface area contributed by atoms with Crippen LogP contribution >= 0.6 is 23.4 Å². The Morgan fingerprint density at radius 2 is 1.79 bits per heavy atom. The number of anilines is 2. The minimum absolute atomic E-state index is 0.0813. The van der Waals surface area contributed by atoms with Crippen LogP contribution in [0.25, 0.3) is 0 Å². The van der Waals surface area contributed by atoms with Crippen molar-refractivity contribution in [1.29, 1.82) is 0 Å². The molecule has 9 heteroatoms. The molecule has 0 heterocycles. The zero-order chi connectivity index (χ0) is 24.0. The first kappa shape index (κ1) is 25.0. The number of carbonyl (C=O) groups excluding carboxylic acids is 1. The standard InChI is InChI=1S/C24H25ClN2O4S2/c1-4-31-23-8-6-5-7-22(23)27(33(29,30)20-13-11-19(32-3)12-14-20)16-24(28)26-18-10-9-17(2)21(25)15-18/h5-15H,4,16H2,1-3H3,(H,26,28). The molecule has 0 aliphatic carbocycles. The van der Waals surface area contributed by atoms with Crippen molar-refractivity contribution >= 4 is 50.7 Å². The molecule has 0 saturated carbocycles. The van der Waals surface area contributed by atoms with E-state index in [4.69, 9.17) is 16.3 Å². The molecule has 0 aliphatic heterocycles. The Balaban J connectivity index is 1.99. The second kappa shape index (κ2) is 11.0. The Morgan fingerprint density at radius 3 is 2.42 bits per heavy atom. The molecule has 0 aromatic heterocycles. The van der Waals surface area contributed by atoms with Crippen LogP contribution in [-0.4, -0.2) is 33.7 Å². The molecule has 174 valence electrons. The number of ether oxygens (including phenoxy) is 1. The van der Waals surface area contributed by atoms with Gasteiger partial charge < -0.3 is 10.1 Å². The summed E-state index contributed by atoms with van der Waals surface area (Å²) in [6.07, 6.45) is 1.91. The van der Waals surface area contributed by atoms with Crippen LogP contribution in [0.4, 0.5) is 11.4 Å². The second-order valence-corrected chi connectivity index (χ2v) is 10.2. The molecule has 3 aromatic carbocycles. The summed E-state index contributed by atoms with van der Waals surface area (Å²) in [6, 6.07) is 18.4. The minimum Gasteiger partial charge on any atom is -0.492 e. The van der Waals surface area contributed by atoms with Crippen LogP contribution in [0.3, 0.4) is 0 Å². The van der Waals surface area contributed by atoms with Gasteiger partial charge in [-0.2, -0.15) is 0 Å². The molecule has 0 atom stereocenters. The number of nitrogens with zero attached hydrogens (tertiary/aromatic N) is 1. The normalized spacial score (nSPS) is 11.2. The van der Waals surface area contributed by atoms with Gasteiger partial charge in [0.15, 0.2) is 0 Å². The van der Waals surface area contributed by atoms with Gasteiger partial charge in [-0.05, 0) is 74.2 Å². The Hall–Kier alpha value is -2.68. The number of aryl methyl sites for hydroxylation is 1. The van der Waals surface area contributed by atoms with Gasteiger partial charge in [0.25, 0.3) is 10.0 Å². The van der Waals surface area contributed by atoms with Gasteiger partial charge >= 0.3 is 0 Å². The van der Waals surface area contributed by atoms with Gasteiger partial charge in [-0.15, -0.1) is 11.8 Å². The van der Waals surface area contributed by atoms with Gasteiger partial charge in [0, 0.05) is 15.6 Å². The fourth-order valence-electron chi connectivity index (χ4n) is 3.12. The van der Waals surface area contributed by atoms with Gasteiger partial charge in [0.05, 0.1) is 17.2 Å². The molecule has 0 saturated heterocycles. The molecule has 0 bridgehead atoms. The number of sulfonamides is 1. The van der Waals surface area contributed by atoms with Gasteiger partial charge in [0.1, 0.15) is 12.3 Å². The number of para-hydroxylation sites is 2. The second-order valence-electron chi connectivity index (χ2n) is 7.10. The quantitative estimate of drug-likeness (QED) is 0.384. The maximum Gasteiger partial charge on any atom is 0.264 e. The largest absolute Gasteiger partial charge is 0.492 e. The third-order valence-corrected chi connectivity index (χ3v) is 7.75. The number of amides is 1. The Labute approximate surface area is 204 Å². The van der Waals surface area contributed by atoms with E-state index in [9.17, 15) is 13.2 Å².